The summed E-state index contributed by atoms with van der Waals surface area (Å²) in [4.78, 5) is 34.8. The van der Waals surface area contributed by atoms with Crippen LogP contribution in [-0.2, 0) is 9.59 Å². The van der Waals surface area contributed by atoms with Gasteiger partial charge < -0.3 is 20.4 Å². The molecule has 1 aliphatic rings. The molecule has 20 heavy (non-hydrogen) atoms. The summed E-state index contributed by atoms with van der Waals surface area (Å²) in [5, 5.41) is 19.7. The molecule has 7 heteroatoms. The van der Waals surface area contributed by atoms with Crippen molar-refractivity contribution in [2.45, 2.75) is 44.6 Å². The lowest BCUT2D eigenvalue weighted by molar-refractivity contribution is -0.145. The van der Waals surface area contributed by atoms with Gasteiger partial charge in [-0.25, -0.2) is 9.59 Å². The number of rotatable bonds is 6. The zero-order chi connectivity index (χ0) is 15.1. The van der Waals surface area contributed by atoms with Gasteiger partial charge in [-0.05, 0) is 18.8 Å². The van der Waals surface area contributed by atoms with Crippen LogP contribution in [-0.4, -0.2) is 52.7 Å². The van der Waals surface area contributed by atoms with E-state index in [9.17, 15) is 14.4 Å². The molecule has 0 aliphatic heterocycles. The zero-order valence-electron chi connectivity index (χ0n) is 11.7. The lowest BCUT2D eigenvalue weighted by Gasteiger charge is -2.28. The van der Waals surface area contributed by atoms with E-state index in [-0.39, 0.29) is 0 Å². The predicted octanol–water partition coefficient (Wildman–Crippen LogP) is 1.14. The Balaban J connectivity index is 2.45. The molecule has 1 saturated carbocycles. The number of hydrogen-bond acceptors (Lipinski definition) is 3. The summed E-state index contributed by atoms with van der Waals surface area (Å²) in [6.45, 7) is 0.575. The highest BCUT2D eigenvalue weighted by atomic mass is 16.4. The van der Waals surface area contributed by atoms with Crippen molar-refractivity contribution in [3.63, 3.8) is 0 Å². The molecule has 7 nitrogen and oxygen atoms in total. The van der Waals surface area contributed by atoms with Crippen LogP contribution in [0, 0.1) is 5.92 Å². The van der Waals surface area contributed by atoms with Gasteiger partial charge in [-0.2, -0.15) is 0 Å². The maximum atomic E-state index is 11.9. The molecule has 2 amide bonds. The van der Waals surface area contributed by atoms with E-state index in [4.69, 9.17) is 10.2 Å². The Labute approximate surface area is 117 Å². The lowest BCUT2D eigenvalue weighted by Crippen LogP contribution is -2.48. The monoisotopic (exact) mass is 286 g/mol. The summed E-state index contributed by atoms with van der Waals surface area (Å²) in [5.74, 6) is -2.15. The number of urea groups is 1. The average molecular weight is 286 g/mol. The molecule has 3 N–H and O–H groups in total. The van der Waals surface area contributed by atoms with Gasteiger partial charge in [0.2, 0.25) is 0 Å². The van der Waals surface area contributed by atoms with Crippen LogP contribution in [0.15, 0.2) is 0 Å². The molecule has 0 saturated heterocycles. The minimum Gasteiger partial charge on any atom is -0.481 e. The van der Waals surface area contributed by atoms with Crippen LogP contribution in [0.2, 0.25) is 0 Å². The number of nitrogens with zero attached hydrogens (tertiary/aromatic N) is 1. The van der Waals surface area contributed by atoms with Crippen LogP contribution < -0.4 is 5.32 Å². The van der Waals surface area contributed by atoms with Gasteiger partial charge in [0.05, 0.1) is 6.42 Å². The molecule has 1 rings (SSSR count). The van der Waals surface area contributed by atoms with E-state index in [0.29, 0.717) is 12.5 Å². The number of carboxylic acids is 2. The standard InChI is InChI=1S/C13H22N2O5/c1-15(8-9-5-3-2-4-6-9)13(20)14-10(12(18)19)7-11(16)17/h9-10H,2-8H2,1H3,(H,14,20)(H,16,17)(H,18,19)/t10-/m0/s1. The number of nitrogens with one attached hydrogen (secondary N) is 1. The molecule has 0 unspecified atom stereocenters. The van der Waals surface area contributed by atoms with Crippen molar-refractivity contribution in [1.82, 2.24) is 10.2 Å². The minimum absolute atomic E-state index is 0.447. The van der Waals surface area contributed by atoms with E-state index in [1.165, 1.54) is 11.3 Å². The second kappa shape index (κ2) is 7.72. The van der Waals surface area contributed by atoms with Crippen molar-refractivity contribution in [3.8, 4) is 0 Å². The maximum Gasteiger partial charge on any atom is 0.326 e. The van der Waals surface area contributed by atoms with Gasteiger partial charge >= 0.3 is 18.0 Å². The molecule has 114 valence electrons. The quantitative estimate of drug-likeness (QED) is 0.678. The van der Waals surface area contributed by atoms with Gasteiger partial charge in [0.15, 0.2) is 0 Å². The van der Waals surface area contributed by atoms with Crippen molar-refractivity contribution in [2.24, 2.45) is 5.92 Å². The second-order valence-corrected chi connectivity index (χ2v) is 5.32. The molecule has 0 aromatic rings. The van der Waals surface area contributed by atoms with Crippen molar-refractivity contribution < 1.29 is 24.6 Å². The first-order valence-corrected chi connectivity index (χ1v) is 6.86. The van der Waals surface area contributed by atoms with E-state index in [2.05, 4.69) is 5.32 Å². The smallest absolute Gasteiger partial charge is 0.326 e. The molecular weight excluding hydrogens is 264 g/mol. The van der Waals surface area contributed by atoms with Crippen LogP contribution >= 0.6 is 0 Å². The first kappa shape index (κ1) is 16.3. The van der Waals surface area contributed by atoms with E-state index in [1.807, 2.05) is 0 Å². The highest BCUT2D eigenvalue weighted by Gasteiger charge is 2.25. The number of carbonyl (C=O) groups excluding carboxylic acids is 1. The third kappa shape index (κ3) is 5.46. The molecular formula is C13H22N2O5. The number of amides is 2. The molecule has 0 aromatic heterocycles. The van der Waals surface area contributed by atoms with Gasteiger partial charge in [0.1, 0.15) is 6.04 Å². The van der Waals surface area contributed by atoms with Crippen molar-refractivity contribution in [1.29, 1.82) is 0 Å². The van der Waals surface area contributed by atoms with Crippen LogP contribution in [0.1, 0.15) is 38.5 Å². The highest BCUT2D eigenvalue weighted by molar-refractivity contribution is 5.86. The van der Waals surface area contributed by atoms with Crippen LogP contribution in [0.4, 0.5) is 4.79 Å². The Bertz CT molecular complexity index is 366. The first-order chi connectivity index (χ1) is 9.40. The molecule has 0 bridgehead atoms. The van der Waals surface area contributed by atoms with Crippen LogP contribution in [0.5, 0.6) is 0 Å². The molecule has 0 spiro atoms. The highest BCUT2D eigenvalue weighted by Crippen LogP contribution is 2.24. The predicted molar refractivity (Wildman–Crippen MR) is 71.4 cm³/mol. The van der Waals surface area contributed by atoms with E-state index in [0.717, 1.165) is 25.7 Å². The van der Waals surface area contributed by atoms with Crippen molar-refractivity contribution in [3.05, 3.63) is 0 Å². The number of hydrogen-bond donors (Lipinski definition) is 3. The number of carboxylic acid groups (broad SMARTS) is 2. The Morgan fingerprint density at radius 1 is 1.20 bits per heavy atom. The fraction of sp³-hybridized carbons (Fsp3) is 0.769. The largest absolute Gasteiger partial charge is 0.481 e. The van der Waals surface area contributed by atoms with Crippen molar-refractivity contribution in [2.75, 3.05) is 13.6 Å². The molecule has 0 aromatic carbocycles. The van der Waals surface area contributed by atoms with Gasteiger partial charge in [-0.3, -0.25) is 4.79 Å². The molecule has 1 fully saturated rings. The normalized spacial score (nSPS) is 17.2. The maximum absolute atomic E-state index is 11.9. The third-order valence-electron chi connectivity index (χ3n) is 3.58. The summed E-state index contributed by atoms with van der Waals surface area (Å²) in [6.07, 6.45) is 5.09. The lowest BCUT2D eigenvalue weighted by atomic mass is 9.89. The summed E-state index contributed by atoms with van der Waals surface area (Å²) in [5.41, 5.74) is 0. The fourth-order valence-electron chi connectivity index (χ4n) is 2.47. The topological polar surface area (TPSA) is 107 Å². The average Bonchev–Trinajstić information content (AvgIpc) is 2.38. The minimum atomic E-state index is -1.39. The van der Waals surface area contributed by atoms with Gasteiger partial charge in [0.25, 0.3) is 0 Å². The summed E-state index contributed by atoms with van der Waals surface area (Å²) >= 11 is 0. The Morgan fingerprint density at radius 3 is 2.30 bits per heavy atom. The first-order valence-electron chi connectivity index (χ1n) is 6.86. The second-order valence-electron chi connectivity index (χ2n) is 5.32. The SMILES string of the molecule is CN(CC1CCCCC1)C(=O)N[C@@H](CC(=O)O)C(=O)O. The van der Waals surface area contributed by atoms with Crippen molar-refractivity contribution >= 4 is 18.0 Å². The summed E-state index contributed by atoms with van der Waals surface area (Å²) in [6, 6.07) is -1.93. The molecule has 0 heterocycles. The fourth-order valence-corrected chi connectivity index (χ4v) is 2.47. The number of carbonyl (C=O) groups is 3. The van der Waals surface area contributed by atoms with Gasteiger partial charge in [0, 0.05) is 13.6 Å². The Kier molecular flexibility index (Phi) is 6.27. The van der Waals surface area contributed by atoms with E-state index < -0.39 is 30.4 Å². The number of aliphatic carboxylic acids is 2. The molecule has 1 aliphatic carbocycles. The van der Waals surface area contributed by atoms with Gasteiger partial charge in [-0.15, -0.1) is 0 Å². The molecule has 1 atom stereocenters. The third-order valence-corrected chi connectivity index (χ3v) is 3.58. The van der Waals surface area contributed by atoms with E-state index >= 15 is 0 Å². The summed E-state index contributed by atoms with van der Waals surface area (Å²) < 4.78 is 0. The van der Waals surface area contributed by atoms with Gasteiger partial charge in [-0.1, -0.05) is 19.3 Å². The summed E-state index contributed by atoms with van der Waals surface area (Å²) in [7, 11) is 1.60. The van der Waals surface area contributed by atoms with E-state index in [1.54, 1.807) is 7.05 Å². The molecule has 0 radical (unpaired) electrons. The Hall–Kier alpha value is -1.79. The zero-order valence-corrected chi connectivity index (χ0v) is 11.7. The Morgan fingerprint density at radius 2 is 1.80 bits per heavy atom. The van der Waals surface area contributed by atoms with Crippen LogP contribution in [0.25, 0.3) is 0 Å². The van der Waals surface area contributed by atoms with Crippen LogP contribution in [0.3, 0.4) is 0 Å².